The van der Waals surface area contributed by atoms with Crippen molar-refractivity contribution in [2.45, 2.75) is 64.7 Å². The Morgan fingerprint density at radius 3 is 2.41 bits per heavy atom. The summed E-state index contributed by atoms with van der Waals surface area (Å²) in [6, 6.07) is 4.23. The SMILES string of the molecule is CCOC(=O)/C=C1\CCCc2c1ccn2C.CCOC(=O)CC1CCCc2c1ccn2C. The fourth-order valence-corrected chi connectivity index (χ4v) is 4.80. The van der Waals surface area contributed by atoms with Gasteiger partial charge in [-0.25, -0.2) is 4.79 Å². The van der Waals surface area contributed by atoms with Gasteiger partial charge in [0.25, 0.3) is 0 Å². The van der Waals surface area contributed by atoms with E-state index in [1.54, 1.807) is 6.08 Å². The van der Waals surface area contributed by atoms with E-state index in [-0.39, 0.29) is 11.9 Å². The van der Waals surface area contributed by atoms with Crippen molar-refractivity contribution in [1.82, 2.24) is 9.13 Å². The summed E-state index contributed by atoms with van der Waals surface area (Å²) in [6.45, 7) is 4.59. The highest BCUT2D eigenvalue weighted by molar-refractivity contribution is 5.92. The number of carbonyl (C=O) groups excluding carboxylic acids is 2. The molecule has 0 saturated heterocycles. The second kappa shape index (κ2) is 11.2. The van der Waals surface area contributed by atoms with Crippen molar-refractivity contribution in [3.05, 3.63) is 53.1 Å². The number of hydrogen-bond donors (Lipinski definition) is 0. The fraction of sp³-hybridized carbons (Fsp3) is 0.538. The monoisotopic (exact) mass is 440 g/mol. The van der Waals surface area contributed by atoms with Crippen LogP contribution in [0.3, 0.4) is 0 Å². The highest BCUT2D eigenvalue weighted by Gasteiger charge is 2.24. The van der Waals surface area contributed by atoms with E-state index >= 15 is 0 Å². The van der Waals surface area contributed by atoms with Gasteiger partial charge in [-0.3, -0.25) is 4.79 Å². The quantitative estimate of drug-likeness (QED) is 0.499. The van der Waals surface area contributed by atoms with Gasteiger partial charge >= 0.3 is 11.9 Å². The molecule has 6 nitrogen and oxygen atoms in total. The van der Waals surface area contributed by atoms with E-state index in [1.807, 2.05) is 20.9 Å². The van der Waals surface area contributed by atoms with Gasteiger partial charge in [0.1, 0.15) is 0 Å². The van der Waals surface area contributed by atoms with Crippen molar-refractivity contribution in [2.75, 3.05) is 13.2 Å². The molecule has 1 atom stereocenters. The van der Waals surface area contributed by atoms with Crippen LogP contribution in [0.5, 0.6) is 0 Å². The van der Waals surface area contributed by atoms with Crippen LogP contribution in [-0.2, 0) is 46.0 Å². The standard InChI is InChI=1S/C13H19NO2.C13H17NO2/c2*1-3-16-13(15)9-10-5-4-6-12-11(10)7-8-14(12)2/h7-8,10H,3-6,9H2,1-2H3;7-9H,3-6H2,1-2H3/b;10-9+. The van der Waals surface area contributed by atoms with E-state index < -0.39 is 0 Å². The molecule has 2 aliphatic carbocycles. The molecule has 174 valence electrons. The third kappa shape index (κ3) is 5.72. The molecule has 2 aromatic rings. The number of hydrogen-bond acceptors (Lipinski definition) is 4. The zero-order valence-corrected chi connectivity index (χ0v) is 19.9. The van der Waals surface area contributed by atoms with Crippen LogP contribution in [0.2, 0.25) is 0 Å². The molecule has 0 fully saturated rings. The maximum absolute atomic E-state index is 11.5. The summed E-state index contributed by atoms with van der Waals surface area (Å²) in [6.07, 6.45) is 12.9. The number of esters is 2. The largest absolute Gasteiger partial charge is 0.466 e. The van der Waals surface area contributed by atoms with Gasteiger partial charge in [-0.05, 0) is 87.1 Å². The van der Waals surface area contributed by atoms with Crippen LogP contribution in [0, 0.1) is 0 Å². The lowest BCUT2D eigenvalue weighted by atomic mass is 9.85. The topological polar surface area (TPSA) is 62.5 Å². The Kier molecular flexibility index (Phi) is 8.37. The van der Waals surface area contributed by atoms with Gasteiger partial charge < -0.3 is 18.6 Å². The lowest BCUT2D eigenvalue weighted by Crippen LogP contribution is -2.15. The third-order valence-corrected chi connectivity index (χ3v) is 6.35. The van der Waals surface area contributed by atoms with Crippen LogP contribution < -0.4 is 0 Å². The molecule has 0 saturated carbocycles. The summed E-state index contributed by atoms with van der Waals surface area (Å²) in [7, 11) is 4.12. The molecule has 0 aliphatic heterocycles. The molecule has 0 aromatic carbocycles. The third-order valence-electron chi connectivity index (χ3n) is 6.35. The van der Waals surface area contributed by atoms with Crippen molar-refractivity contribution in [2.24, 2.45) is 14.1 Å². The van der Waals surface area contributed by atoms with Crippen LogP contribution in [0.25, 0.3) is 5.57 Å². The van der Waals surface area contributed by atoms with Crippen LogP contribution in [-0.4, -0.2) is 34.3 Å². The first-order valence-corrected chi connectivity index (χ1v) is 11.8. The van der Waals surface area contributed by atoms with Gasteiger partial charge in [0, 0.05) is 44.0 Å². The van der Waals surface area contributed by atoms with E-state index in [9.17, 15) is 9.59 Å². The smallest absolute Gasteiger partial charge is 0.331 e. The Labute approximate surface area is 191 Å². The highest BCUT2D eigenvalue weighted by atomic mass is 16.5. The number of aromatic nitrogens is 2. The number of allylic oxidation sites excluding steroid dienone is 1. The normalized spacial score (nSPS) is 18.2. The minimum atomic E-state index is -0.228. The molecule has 0 amide bonds. The predicted octanol–water partition coefficient (Wildman–Crippen LogP) is 4.71. The summed E-state index contributed by atoms with van der Waals surface area (Å²) < 4.78 is 14.3. The van der Waals surface area contributed by atoms with Crippen molar-refractivity contribution in [1.29, 1.82) is 0 Å². The van der Waals surface area contributed by atoms with Crippen molar-refractivity contribution in [3.63, 3.8) is 0 Å². The van der Waals surface area contributed by atoms with Crippen molar-refractivity contribution in [3.8, 4) is 0 Å². The molecule has 0 N–H and O–H groups in total. The van der Waals surface area contributed by atoms with Crippen LogP contribution in [0.1, 0.15) is 74.4 Å². The zero-order valence-electron chi connectivity index (χ0n) is 19.9. The van der Waals surface area contributed by atoms with Gasteiger partial charge in [-0.1, -0.05) is 0 Å². The average Bonchev–Trinajstić information content (AvgIpc) is 3.33. The Morgan fingerprint density at radius 1 is 0.969 bits per heavy atom. The van der Waals surface area contributed by atoms with Crippen LogP contribution in [0.15, 0.2) is 30.6 Å². The molecule has 4 rings (SSSR count). The molecule has 2 aromatic heterocycles. The first-order chi connectivity index (χ1) is 15.4. The first-order valence-electron chi connectivity index (χ1n) is 11.8. The average molecular weight is 441 g/mol. The van der Waals surface area contributed by atoms with Gasteiger partial charge in [0.2, 0.25) is 0 Å². The Morgan fingerprint density at radius 2 is 1.66 bits per heavy atom. The summed E-state index contributed by atoms with van der Waals surface area (Å²) in [5.74, 6) is 0.0717. The van der Waals surface area contributed by atoms with E-state index in [4.69, 9.17) is 9.47 Å². The Hall–Kier alpha value is -2.76. The number of rotatable bonds is 5. The molecule has 2 heterocycles. The van der Waals surface area contributed by atoms with Crippen LogP contribution in [0.4, 0.5) is 0 Å². The summed E-state index contributed by atoms with van der Waals surface area (Å²) in [5, 5.41) is 0. The van der Waals surface area contributed by atoms with Crippen molar-refractivity contribution < 1.29 is 19.1 Å². The van der Waals surface area contributed by atoms with E-state index in [0.717, 1.165) is 37.7 Å². The number of ether oxygens (including phenoxy) is 2. The minimum absolute atomic E-state index is 0.0656. The summed E-state index contributed by atoms with van der Waals surface area (Å²) in [4.78, 5) is 22.9. The fourth-order valence-electron chi connectivity index (χ4n) is 4.80. The Balaban J connectivity index is 0.000000181. The molecule has 2 aliphatic rings. The van der Waals surface area contributed by atoms with E-state index in [1.165, 1.54) is 28.9 Å². The number of aryl methyl sites for hydroxylation is 2. The number of nitrogens with zero attached hydrogens (tertiary/aromatic N) is 2. The Bertz CT molecular complexity index is 967. The highest BCUT2D eigenvalue weighted by Crippen LogP contribution is 2.34. The van der Waals surface area contributed by atoms with Gasteiger partial charge in [0.05, 0.1) is 19.6 Å². The second-order valence-corrected chi connectivity index (χ2v) is 8.49. The maximum Gasteiger partial charge on any atom is 0.331 e. The first kappa shape index (κ1) is 23.9. The lowest BCUT2D eigenvalue weighted by Gasteiger charge is -2.22. The maximum atomic E-state index is 11.5. The van der Waals surface area contributed by atoms with Gasteiger partial charge in [0.15, 0.2) is 0 Å². The molecule has 6 heteroatoms. The van der Waals surface area contributed by atoms with E-state index in [0.29, 0.717) is 25.6 Å². The molecule has 1 unspecified atom stereocenters. The molecule has 32 heavy (non-hydrogen) atoms. The minimum Gasteiger partial charge on any atom is -0.466 e. The summed E-state index contributed by atoms with van der Waals surface area (Å²) in [5.41, 5.74) is 6.38. The number of carbonyl (C=O) groups is 2. The zero-order chi connectivity index (χ0) is 23.1. The van der Waals surface area contributed by atoms with E-state index in [2.05, 4.69) is 40.7 Å². The van der Waals surface area contributed by atoms with Gasteiger partial charge in [-0.2, -0.15) is 0 Å². The van der Waals surface area contributed by atoms with Gasteiger partial charge in [-0.15, -0.1) is 0 Å². The van der Waals surface area contributed by atoms with Crippen LogP contribution >= 0.6 is 0 Å². The van der Waals surface area contributed by atoms with Crippen molar-refractivity contribution >= 4 is 17.5 Å². The number of fused-ring (bicyclic) bond motifs is 2. The molecular formula is C26H36N2O4. The lowest BCUT2D eigenvalue weighted by molar-refractivity contribution is -0.143. The molecule has 0 radical (unpaired) electrons. The molecule has 0 bridgehead atoms. The molecule has 0 spiro atoms. The second-order valence-electron chi connectivity index (χ2n) is 8.49. The summed E-state index contributed by atoms with van der Waals surface area (Å²) >= 11 is 0. The predicted molar refractivity (Wildman–Crippen MR) is 125 cm³/mol. The molecular weight excluding hydrogens is 404 g/mol.